The van der Waals surface area contributed by atoms with E-state index in [1.807, 2.05) is 0 Å². The van der Waals surface area contributed by atoms with Gasteiger partial charge in [0, 0.05) is 17.7 Å². The maximum absolute atomic E-state index is 12.4. The Morgan fingerprint density at radius 2 is 2.07 bits per heavy atom. The molecule has 2 aromatic heterocycles. The lowest BCUT2D eigenvalue weighted by atomic mass is 9.77. The van der Waals surface area contributed by atoms with Gasteiger partial charge in [-0.25, -0.2) is 13.0 Å². The van der Waals surface area contributed by atoms with Crippen LogP contribution in [0.5, 0.6) is 0 Å². The van der Waals surface area contributed by atoms with E-state index in [0.717, 1.165) is 17.6 Å². The Labute approximate surface area is 165 Å². The van der Waals surface area contributed by atoms with Gasteiger partial charge >= 0.3 is 0 Å². The molecule has 0 aliphatic carbocycles. The molecule has 2 aliphatic rings. The molecule has 0 radical (unpaired) electrons. The van der Waals surface area contributed by atoms with Crippen LogP contribution in [0.4, 0.5) is 0 Å². The SMILES string of the molecule is C[C@@H](O)[C@H]1C(=O)N2C(C(=O)[O-])=C(c3c[n+]4cn(C)c(S(C)(=O)=O)c4s3)[C@H](C)[C@H]12. The Morgan fingerprint density at radius 1 is 1.43 bits per heavy atom. The van der Waals surface area contributed by atoms with Crippen LogP contribution >= 0.6 is 11.3 Å². The molecule has 1 N–H and O–H groups in total. The van der Waals surface area contributed by atoms with Crippen molar-refractivity contribution in [1.82, 2.24) is 9.47 Å². The molecule has 4 atom stereocenters. The maximum Gasteiger partial charge on any atom is 0.277 e. The summed E-state index contributed by atoms with van der Waals surface area (Å²) in [5, 5.41) is 21.9. The third kappa shape index (κ3) is 2.39. The zero-order valence-corrected chi connectivity index (χ0v) is 17.2. The molecule has 0 unspecified atom stereocenters. The topological polar surface area (TPSA) is 124 Å². The number of hydrogen-bond donors (Lipinski definition) is 1. The van der Waals surface area contributed by atoms with Crippen LogP contribution in [-0.4, -0.2) is 53.3 Å². The van der Waals surface area contributed by atoms with Gasteiger partial charge in [-0.2, -0.15) is 4.40 Å². The highest BCUT2D eigenvalue weighted by Crippen LogP contribution is 2.51. The summed E-state index contributed by atoms with van der Waals surface area (Å²) in [5.41, 5.74) is 0.228. The highest BCUT2D eigenvalue weighted by Gasteiger charge is 2.59. The van der Waals surface area contributed by atoms with E-state index in [1.54, 1.807) is 30.9 Å². The number of aliphatic hydroxyl groups excluding tert-OH is 1. The number of hydrogen-bond acceptors (Lipinski definition) is 7. The Balaban J connectivity index is 1.90. The first-order valence-corrected chi connectivity index (χ1v) is 11.3. The van der Waals surface area contributed by atoms with E-state index in [1.165, 1.54) is 16.4 Å². The van der Waals surface area contributed by atoms with Crippen molar-refractivity contribution in [2.75, 3.05) is 6.26 Å². The molecule has 2 aromatic rings. The molecule has 0 spiro atoms. The lowest BCUT2D eigenvalue weighted by Crippen LogP contribution is -2.64. The number of sulfone groups is 1. The predicted octanol–water partition coefficient (Wildman–Crippen LogP) is -1.45. The van der Waals surface area contributed by atoms with Crippen molar-refractivity contribution in [2.24, 2.45) is 18.9 Å². The summed E-state index contributed by atoms with van der Waals surface area (Å²) in [6.45, 7) is 3.31. The standard InChI is InChI=1S/C17H19N3O6S2/c1-7-10(13(17(23)24)20-12(7)11(8(2)21)14(20)22)9-5-19-6-18(3)16(15(19)27-9)28(4,25)26/h5-8,11-12,21H,1-4H3/t7-,8+,11+,12+/m0/s1. The fourth-order valence-corrected chi connectivity index (χ4v) is 7.20. The number of aliphatic carboxylic acids is 1. The lowest BCUT2D eigenvalue weighted by molar-refractivity contribution is -0.508. The number of thiazole rings is 1. The number of carbonyl (C=O) groups is 2. The number of β-lactam (4-membered cyclic amide) rings is 1. The van der Waals surface area contributed by atoms with Crippen LogP contribution in [0.15, 0.2) is 23.2 Å². The van der Waals surface area contributed by atoms with Gasteiger partial charge in [0.2, 0.25) is 20.6 Å². The van der Waals surface area contributed by atoms with E-state index in [-0.39, 0.29) is 16.6 Å². The zero-order chi connectivity index (χ0) is 20.7. The molecule has 28 heavy (non-hydrogen) atoms. The van der Waals surface area contributed by atoms with E-state index >= 15 is 0 Å². The Hall–Kier alpha value is -2.24. The number of fused-ring (bicyclic) bond motifs is 2. The van der Waals surface area contributed by atoms with Gasteiger partial charge in [-0.3, -0.25) is 4.79 Å². The lowest BCUT2D eigenvalue weighted by Gasteiger charge is -2.47. The van der Waals surface area contributed by atoms with E-state index in [0.29, 0.717) is 15.3 Å². The molecule has 11 heteroatoms. The number of carboxylic acid groups (broad SMARTS) is 1. The van der Waals surface area contributed by atoms with E-state index in [4.69, 9.17) is 0 Å². The van der Waals surface area contributed by atoms with Gasteiger partial charge in [0.25, 0.3) is 11.4 Å². The summed E-state index contributed by atoms with van der Waals surface area (Å²) in [6.07, 6.45) is 3.48. The smallest absolute Gasteiger partial charge is 0.277 e. The summed E-state index contributed by atoms with van der Waals surface area (Å²) < 4.78 is 27.4. The minimum Gasteiger partial charge on any atom is -0.543 e. The second-order valence-electron chi connectivity index (χ2n) is 7.42. The average molecular weight is 425 g/mol. The Bertz CT molecular complexity index is 1170. The molecule has 9 nitrogen and oxygen atoms in total. The third-order valence-electron chi connectivity index (χ3n) is 5.48. The van der Waals surface area contributed by atoms with Crippen molar-refractivity contribution in [1.29, 1.82) is 0 Å². The quantitative estimate of drug-likeness (QED) is 0.472. The van der Waals surface area contributed by atoms with Crippen LogP contribution in [0.3, 0.4) is 0 Å². The van der Waals surface area contributed by atoms with Crippen LogP contribution in [-0.2, 0) is 26.5 Å². The fraction of sp³-hybridized carbons (Fsp3) is 0.471. The van der Waals surface area contributed by atoms with Crippen molar-refractivity contribution >= 4 is 43.5 Å². The molecule has 4 heterocycles. The molecular formula is C17H19N3O6S2. The number of aromatic nitrogens is 2. The fourth-order valence-electron chi connectivity index (χ4n) is 4.43. The van der Waals surface area contributed by atoms with Crippen LogP contribution in [0, 0.1) is 11.8 Å². The van der Waals surface area contributed by atoms with Gasteiger partial charge in [-0.1, -0.05) is 18.3 Å². The first-order valence-electron chi connectivity index (χ1n) is 8.62. The van der Waals surface area contributed by atoms with Crippen molar-refractivity contribution in [3.8, 4) is 0 Å². The van der Waals surface area contributed by atoms with Crippen molar-refractivity contribution < 1.29 is 32.6 Å². The summed E-state index contributed by atoms with van der Waals surface area (Å²) in [5.74, 6) is -2.91. The van der Waals surface area contributed by atoms with Crippen LogP contribution in [0.25, 0.3) is 10.4 Å². The van der Waals surface area contributed by atoms with Gasteiger partial charge in [-0.05, 0) is 6.92 Å². The van der Waals surface area contributed by atoms with E-state index in [9.17, 15) is 28.2 Å². The minimum atomic E-state index is -3.50. The molecule has 1 saturated heterocycles. The van der Waals surface area contributed by atoms with Crippen LogP contribution in [0.2, 0.25) is 0 Å². The van der Waals surface area contributed by atoms with Gasteiger partial charge in [0.15, 0.2) is 0 Å². The highest BCUT2D eigenvalue weighted by molar-refractivity contribution is 7.91. The first kappa shape index (κ1) is 19.1. The number of carbonyl (C=O) groups excluding carboxylic acids is 2. The molecule has 0 bridgehead atoms. The van der Waals surface area contributed by atoms with Crippen molar-refractivity contribution in [2.45, 2.75) is 31.0 Å². The normalized spacial score (nSPS) is 26.0. The first-order chi connectivity index (χ1) is 12.9. The molecular weight excluding hydrogens is 406 g/mol. The molecule has 0 saturated carbocycles. The minimum absolute atomic E-state index is 0.131. The second kappa shape index (κ2) is 5.88. The molecule has 1 amide bonds. The van der Waals surface area contributed by atoms with Gasteiger partial charge in [-0.15, -0.1) is 0 Å². The number of nitrogens with zero attached hydrogens (tertiary/aromatic N) is 3. The largest absolute Gasteiger partial charge is 0.543 e. The Kier molecular flexibility index (Phi) is 4.01. The summed E-state index contributed by atoms with van der Waals surface area (Å²) in [7, 11) is -1.88. The highest BCUT2D eigenvalue weighted by atomic mass is 32.2. The van der Waals surface area contributed by atoms with Gasteiger partial charge in [0.1, 0.15) is 6.20 Å². The molecule has 150 valence electrons. The number of imidazole rings is 1. The second-order valence-corrected chi connectivity index (χ2v) is 10.4. The zero-order valence-electron chi connectivity index (χ0n) is 15.6. The summed E-state index contributed by atoms with van der Waals surface area (Å²) >= 11 is 1.15. The predicted molar refractivity (Wildman–Crippen MR) is 96.5 cm³/mol. The number of carboxylic acids is 1. The van der Waals surface area contributed by atoms with Gasteiger partial charge in [0.05, 0.1) is 41.7 Å². The van der Waals surface area contributed by atoms with Crippen molar-refractivity contribution in [3.63, 3.8) is 0 Å². The molecule has 2 aliphatic heterocycles. The number of rotatable bonds is 4. The van der Waals surface area contributed by atoms with Crippen LogP contribution in [0.1, 0.15) is 18.7 Å². The molecule has 1 fully saturated rings. The van der Waals surface area contributed by atoms with E-state index in [2.05, 4.69) is 0 Å². The van der Waals surface area contributed by atoms with Crippen molar-refractivity contribution in [3.05, 3.63) is 23.1 Å². The summed E-state index contributed by atoms with van der Waals surface area (Å²) in [4.78, 5) is 26.5. The monoisotopic (exact) mass is 425 g/mol. The number of amides is 1. The van der Waals surface area contributed by atoms with Gasteiger partial charge < -0.3 is 19.9 Å². The summed E-state index contributed by atoms with van der Waals surface area (Å²) in [6, 6.07) is -0.456. The third-order valence-corrected chi connectivity index (χ3v) is 7.94. The average Bonchev–Trinajstić information content (AvgIpc) is 3.12. The van der Waals surface area contributed by atoms with Crippen LogP contribution < -0.4 is 9.51 Å². The van der Waals surface area contributed by atoms with E-state index < -0.39 is 39.8 Å². The number of aliphatic hydroxyl groups is 1. The number of aryl methyl sites for hydroxylation is 1. The molecule has 0 aromatic carbocycles. The molecule has 4 rings (SSSR count). The Morgan fingerprint density at radius 3 is 2.61 bits per heavy atom. The maximum atomic E-state index is 12.4.